The van der Waals surface area contributed by atoms with Crippen LogP contribution in [0, 0.1) is 0 Å². The average molecular weight is 438 g/mol. The first kappa shape index (κ1) is 23.2. The summed E-state index contributed by atoms with van der Waals surface area (Å²) in [5, 5.41) is 0. The average Bonchev–Trinajstić information content (AvgIpc) is 2.78. The van der Waals surface area contributed by atoms with Gasteiger partial charge in [-0.1, -0.05) is 18.2 Å². The van der Waals surface area contributed by atoms with Crippen molar-refractivity contribution in [3.05, 3.63) is 53.6 Å². The maximum Gasteiger partial charge on any atom is 0.419 e. The number of nitrogens with zero attached hydrogens (tertiary/aromatic N) is 2. The lowest BCUT2D eigenvalue weighted by atomic mass is 10.1. The molecule has 31 heavy (non-hydrogen) atoms. The third kappa shape index (κ3) is 6.51. The van der Waals surface area contributed by atoms with Gasteiger partial charge in [-0.05, 0) is 36.2 Å². The summed E-state index contributed by atoms with van der Waals surface area (Å²) in [6, 6.07) is 11.3. The van der Waals surface area contributed by atoms with Crippen molar-refractivity contribution in [3.8, 4) is 17.2 Å². The first-order valence-corrected chi connectivity index (χ1v) is 10.4. The maximum absolute atomic E-state index is 13.0. The zero-order chi connectivity index (χ0) is 22.3. The molecule has 0 atom stereocenters. The van der Waals surface area contributed by atoms with Crippen LogP contribution in [0.15, 0.2) is 42.5 Å². The van der Waals surface area contributed by atoms with Crippen LogP contribution < -0.4 is 14.2 Å². The van der Waals surface area contributed by atoms with Crippen molar-refractivity contribution in [2.75, 3.05) is 60.1 Å². The first-order chi connectivity index (χ1) is 14.9. The molecule has 0 aromatic heterocycles. The number of benzene rings is 2. The predicted octanol–water partition coefficient (Wildman–Crippen LogP) is 3.96. The van der Waals surface area contributed by atoms with Crippen LogP contribution in [-0.2, 0) is 12.6 Å². The van der Waals surface area contributed by atoms with Crippen LogP contribution in [0.25, 0.3) is 0 Å². The normalized spacial score (nSPS) is 15.6. The summed E-state index contributed by atoms with van der Waals surface area (Å²) >= 11 is 0. The lowest BCUT2D eigenvalue weighted by Gasteiger charge is -2.34. The number of para-hydroxylation sites is 1. The van der Waals surface area contributed by atoms with Crippen molar-refractivity contribution in [1.82, 2.24) is 9.80 Å². The van der Waals surface area contributed by atoms with E-state index in [0.717, 1.165) is 56.7 Å². The highest BCUT2D eigenvalue weighted by Gasteiger charge is 2.34. The Balaban J connectivity index is 1.40. The van der Waals surface area contributed by atoms with Crippen LogP contribution in [0.4, 0.5) is 13.2 Å². The van der Waals surface area contributed by atoms with Crippen molar-refractivity contribution < 1.29 is 27.4 Å². The molecule has 8 heteroatoms. The Labute approximate surface area is 181 Å². The first-order valence-electron chi connectivity index (χ1n) is 10.4. The Kier molecular flexibility index (Phi) is 8.03. The highest BCUT2D eigenvalue weighted by Crippen LogP contribution is 2.35. The Morgan fingerprint density at radius 3 is 2.10 bits per heavy atom. The molecule has 2 aromatic carbocycles. The molecule has 0 spiro atoms. The summed E-state index contributed by atoms with van der Waals surface area (Å²) in [6.45, 7) is 5.37. The van der Waals surface area contributed by atoms with E-state index in [4.69, 9.17) is 14.2 Å². The Bertz CT molecular complexity index is 837. The number of methoxy groups -OCH3 is 2. The number of hydrogen-bond donors (Lipinski definition) is 0. The molecule has 5 nitrogen and oxygen atoms in total. The Hall–Kier alpha value is -2.45. The number of halogens is 3. The third-order valence-electron chi connectivity index (χ3n) is 5.49. The molecule has 0 saturated carbocycles. The van der Waals surface area contributed by atoms with Crippen molar-refractivity contribution in [3.63, 3.8) is 0 Å². The van der Waals surface area contributed by atoms with Gasteiger partial charge in [0.05, 0.1) is 19.8 Å². The number of ether oxygens (including phenoxy) is 3. The quantitative estimate of drug-likeness (QED) is 0.592. The zero-order valence-electron chi connectivity index (χ0n) is 18.0. The largest absolute Gasteiger partial charge is 0.493 e. The standard InChI is InChI=1S/C23H29F3N2O3/c1-29-21-8-7-18(17-22(21)30-2)9-10-27-11-13-28(14-12-27)15-16-31-20-6-4-3-5-19(20)23(24,25)26/h3-8,17H,9-16H2,1-2H3. The molecule has 0 unspecified atom stereocenters. The van der Waals surface area contributed by atoms with Crippen LogP contribution in [0.5, 0.6) is 17.2 Å². The minimum absolute atomic E-state index is 0.108. The van der Waals surface area contributed by atoms with E-state index in [1.165, 1.54) is 17.7 Å². The van der Waals surface area contributed by atoms with E-state index >= 15 is 0 Å². The molecule has 170 valence electrons. The SMILES string of the molecule is COc1ccc(CCN2CCN(CCOc3ccccc3C(F)(F)F)CC2)cc1OC. The van der Waals surface area contributed by atoms with Crippen LogP contribution in [0.1, 0.15) is 11.1 Å². The summed E-state index contributed by atoms with van der Waals surface area (Å²) in [7, 11) is 3.25. The smallest absolute Gasteiger partial charge is 0.419 e. The van der Waals surface area contributed by atoms with Crippen molar-refractivity contribution >= 4 is 0 Å². The van der Waals surface area contributed by atoms with Gasteiger partial charge in [-0.15, -0.1) is 0 Å². The van der Waals surface area contributed by atoms with Crippen molar-refractivity contribution in [1.29, 1.82) is 0 Å². The van der Waals surface area contributed by atoms with Gasteiger partial charge in [-0.2, -0.15) is 13.2 Å². The molecule has 0 radical (unpaired) electrons. The lowest BCUT2D eigenvalue weighted by Crippen LogP contribution is -2.47. The van der Waals surface area contributed by atoms with Crippen LogP contribution >= 0.6 is 0 Å². The molecule has 1 saturated heterocycles. The van der Waals surface area contributed by atoms with E-state index in [1.807, 2.05) is 18.2 Å². The van der Waals surface area contributed by atoms with Gasteiger partial charge in [0.1, 0.15) is 12.4 Å². The monoisotopic (exact) mass is 438 g/mol. The van der Waals surface area contributed by atoms with Gasteiger partial charge in [0.25, 0.3) is 0 Å². The fourth-order valence-corrected chi connectivity index (χ4v) is 3.67. The molecular formula is C23H29F3N2O3. The minimum atomic E-state index is -4.41. The lowest BCUT2D eigenvalue weighted by molar-refractivity contribution is -0.139. The zero-order valence-corrected chi connectivity index (χ0v) is 18.0. The van der Waals surface area contributed by atoms with Crippen LogP contribution in [-0.4, -0.2) is 69.9 Å². The van der Waals surface area contributed by atoms with E-state index in [1.54, 1.807) is 20.3 Å². The summed E-state index contributed by atoms with van der Waals surface area (Å²) < 4.78 is 55.2. The molecule has 2 aromatic rings. The minimum Gasteiger partial charge on any atom is -0.493 e. The Morgan fingerprint density at radius 1 is 0.806 bits per heavy atom. The van der Waals surface area contributed by atoms with Crippen LogP contribution in [0.2, 0.25) is 0 Å². The molecule has 1 aliphatic rings. The second kappa shape index (κ2) is 10.7. The number of piperazine rings is 1. The number of hydrogen-bond acceptors (Lipinski definition) is 5. The molecule has 0 bridgehead atoms. The number of rotatable bonds is 9. The molecule has 0 aliphatic carbocycles. The Morgan fingerprint density at radius 2 is 1.45 bits per heavy atom. The molecule has 1 fully saturated rings. The summed E-state index contributed by atoms with van der Waals surface area (Å²) in [5.41, 5.74) is 0.465. The fraction of sp³-hybridized carbons (Fsp3) is 0.478. The van der Waals surface area contributed by atoms with E-state index in [2.05, 4.69) is 9.80 Å². The van der Waals surface area contributed by atoms with E-state index in [-0.39, 0.29) is 12.4 Å². The molecule has 0 amide bonds. The molecule has 3 rings (SSSR count). The second-order valence-corrected chi connectivity index (χ2v) is 7.46. The predicted molar refractivity (Wildman–Crippen MR) is 113 cm³/mol. The highest BCUT2D eigenvalue weighted by molar-refractivity contribution is 5.43. The van der Waals surface area contributed by atoms with Gasteiger partial charge in [0.2, 0.25) is 0 Å². The second-order valence-electron chi connectivity index (χ2n) is 7.46. The van der Waals surface area contributed by atoms with Gasteiger partial charge in [0, 0.05) is 39.3 Å². The van der Waals surface area contributed by atoms with Gasteiger partial charge < -0.3 is 19.1 Å². The van der Waals surface area contributed by atoms with E-state index in [9.17, 15) is 13.2 Å². The summed E-state index contributed by atoms with van der Waals surface area (Å²) in [5.74, 6) is 1.35. The van der Waals surface area contributed by atoms with Crippen LogP contribution in [0.3, 0.4) is 0 Å². The van der Waals surface area contributed by atoms with Gasteiger partial charge in [-0.3, -0.25) is 4.90 Å². The van der Waals surface area contributed by atoms with Crippen molar-refractivity contribution in [2.24, 2.45) is 0 Å². The third-order valence-corrected chi connectivity index (χ3v) is 5.49. The summed E-state index contributed by atoms with van der Waals surface area (Å²) in [6.07, 6.45) is -3.49. The topological polar surface area (TPSA) is 34.2 Å². The molecule has 1 heterocycles. The van der Waals surface area contributed by atoms with Gasteiger partial charge >= 0.3 is 6.18 Å². The fourth-order valence-electron chi connectivity index (χ4n) is 3.67. The van der Waals surface area contributed by atoms with Gasteiger partial charge in [-0.25, -0.2) is 0 Å². The number of alkyl halides is 3. The molecular weight excluding hydrogens is 409 g/mol. The summed E-state index contributed by atoms with van der Waals surface area (Å²) in [4.78, 5) is 4.62. The van der Waals surface area contributed by atoms with E-state index < -0.39 is 11.7 Å². The highest BCUT2D eigenvalue weighted by atomic mass is 19.4. The maximum atomic E-state index is 13.0. The van der Waals surface area contributed by atoms with E-state index in [0.29, 0.717) is 6.54 Å². The molecule has 1 aliphatic heterocycles. The van der Waals surface area contributed by atoms with Gasteiger partial charge in [0.15, 0.2) is 11.5 Å². The molecule has 0 N–H and O–H groups in total. The van der Waals surface area contributed by atoms with Crippen molar-refractivity contribution in [2.45, 2.75) is 12.6 Å².